The molecule has 0 spiro atoms. The number of aryl methyl sites for hydroxylation is 2. The van der Waals surface area contributed by atoms with Gasteiger partial charge in [-0.15, -0.1) is 11.3 Å². The van der Waals surface area contributed by atoms with Crippen molar-refractivity contribution in [2.75, 3.05) is 0 Å². The summed E-state index contributed by atoms with van der Waals surface area (Å²) >= 11 is 2.00. The highest BCUT2D eigenvalue weighted by Crippen LogP contribution is 2.33. The molecule has 13 heavy (non-hydrogen) atoms. The normalized spacial score (nSPS) is 18.4. The Morgan fingerprint density at radius 3 is 1.92 bits per heavy atom. The highest BCUT2D eigenvalue weighted by Gasteiger charge is 2.17. The molecule has 1 aromatic heterocycles. The van der Waals surface area contributed by atoms with Crippen molar-refractivity contribution in [1.82, 2.24) is 0 Å². The van der Waals surface area contributed by atoms with Crippen LogP contribution in [0.2, 0.25) is 0 Å². The monoisotopic (exact) mass is 194 g/mol. The number of hydrogen-bond donors (Lipinski definition) is 0. The van der Waals surface area contributed by atoms with Gasteiger partial charge in [0.1, 0.15) is 0 Å². The molecular formula is C12H18S. The molecular weight excluding hydrogens is 176 g/mol. The van der Waals surface area contributed by atoms with Gasteiger partial charge in [0.25, 0.3) is 0 Å². The lowest BCUT2D eigenvalue weighted by molar-refractivity contribution is 0.509. The van der Waals surface area contributed by atoms with Gasteiger partial charge in [0, 0.05) is 9.75 Å². The maximum atomic E-state index is 2.39. The third kappa shape index (κ3) is 1.67. The Balaban J connectivity index is 2.36. The zero-order valence-electron chi connectivity index (χ0n) is 8.81. The summed E-state index contributed by atoms with van der Waals surface area (Å²) < 4.78 is 0. The summed E-state index contributed by atoms with van der Waals surface area (Å²) in [6, 6.07) is 0. The molecule has 1 aliphatic rings. The second-order valence-corrected chi connectivity index (χ2v) is 5.78. The van der Waals surface area contributed by atoms with E-state index in [2.05, 4.69) is 20.8 Å². The lowest BCUT2D eigenvalue weighted by Gasteiger charge is -2.04. The van der Waals surface area contributed by atoms with Crippen LogP contribution in [0.4, 0.5) is 0 Å². The number of fused-ring (bicyclic) bond motifs is 1. The average molecular weight is 194 g/mol. The lowest BCUT2D eigenvalue weighted by atomic mass is 10.0. The van der Waals surface area contributed by atoms with Crippen LogP contribution in [0, 0.1) is 19.8 Å². The molecule has 0 aliphatic heterocycles. The summed E-state index contributed by atoms with van der Waals surface area (Å²) in [5.74, 6) is 0.927. The van der Waals surface area contributed by atoms with Gasteiger partial charge in [0.2, 0.25) is 0 Å². The summed E-state index contributed by atoms with van der Waals surface area (Å²) in [6.07, 6.45) is 5.44. The van der Waals surface area contributed by atoms with Crippen LogP contribution < -0.4 is 0 Å². The smallest absolute Gasteiger partial charge is 0.00518 e. The van der Waals surface area contributed by atoms with Crippen LogP contribution in [0.3, 0.4) is 0 Å². The molecule has 0 atom stereocenters. The molecule has 1 heteroatoms. The molecule has 0 radical (unpaired) electrons. The van der Waals surface area contributed by atoms with Crippen molar-refractivity contribution in [2.45, 2.75) is 46.5 Å². The van der Waals surface area contributed by atoms with Crippen molar-refractivity contribution in [3.63, 3.8) is 0 Å². The predicted octanol–water partition coefficient (Wildman–Crippen LogP) is 3.88. The minimum atomic E-state index is 0.927. The zero-order valence-corrected chi connectivity index (χ0v) is 9.63. The van der Waals surface area contributed by atoms with E-state index in [1.807, 2.05) is 11.3 Å². The van der Waals surface area contributed by atoms with Crippen LogP contribution in [0.25, 0.3) is 0 Å². The largest absolute Gasteiger partial charge is 0.145 e. The van der Waals surface area contributed by atoms with Gasteiger partial charge in [-0.25, -0.2) is 0 Å². The first-order chi connectivity index (χ1) is 6.18. The van der Waals surface area contributed by atoms with Gasteiger partial charge >= 0.3 is 0 Å². The second-order valence-electron chi connectivity index (χ2n) is 4.35. The van der Waals surface area contributed by atoms with Gasteiger partial charge in [0.05, 0.1) is 0 Å². The molecule has 72 valence electrons. The molecule has 1 aliphatic carbocycles. The standard InChI is InChI=1S/C12H18S/c1-8-4-6-11-9(2)13-10(3)12(11)7-5-8/h8H,4-7H2,1-3H3. The van der Waals surface area contributed by atoms with Crippen LogP contribution in [-0.2, 0) is 12.8 Å². The van der Waals surface area contributed by atoms with Crippen molar-refractivity contribution < 1.29 is 0 Å². The van der Waals surface area contributed by atoms with Crippen molar-refractivity contribution in [2.24, 2.45) is 5.92 Å². The van der Waals surface area contributed by atoms with Gasteiger partial charge in [-0.3, -0.25) is 0 Å². The summed E-state index contributed by atoms with van der Waals surface area (Å²) in [4.78, 5) is 3.14. The quantitative estimate of drug-likeness (QED) is 0.550. The van der Waals surface area contributed by atoms with Crippen molar-refractivity contribution in [3.8, 4) is 0 Å². The van der Waals surface area contributed by atoms with Crippen LogP contribution >= 0.6 is 11.3 Å². The molecule has 0 unspecified atom stereocenters. The first-order valence-corrected chi connectivity index (χ1v) is 6.08. The fraction of sp³-hybridized carbons (Fsp3) is 0.667. The van der Waals surface area contributed by atoms with E-state index in [-0.39, 0.29) is 0 Å². The van der Waals surface area contributed by atoms with Crippen molar-refractivity contribution >= 4 is 11.3 Å². The Morgan fingerprint density at radius 1 is 1.00 bits per heavy atom. The molecule has 0 fully saturated rings. The van der Waals surface area contributed by atoms with E-state index in [4.69, 9.17) is 0 Å². The van der Waals surface area contributed by atoms with E-state index in [9.17, 15) is 0 Å². The Morgan fingerprint density at radius 2 is 1.46 bits per heavy atom. The molecule has 0 amide bonds. The number of thiophene rings is 1. The van der Waals surface area contributed by atoms with Crippen LogP contribution in [0.15, 0.2) is 0 Å². The highest BCUT2D eigenvalue weighted by atomic mass is 32.1. The van der Waals surface area contributed by atoms with Crippen molar-refractivity contribution in [3.05, 3.63) is 20.9 Å². The van der Waals surface area contributed by atoms with Crippen LogP contribution in [0.5, 0.6) is 0 Å². The van der Waals surface area contributed by atoms with Gasteiger partial charge in [-0.05, 0) is 56.6 Å². The molecule has 1 aromatic rings. The first kappa shape index (κ1) is 9.26. The first-order valence-electron chi connectivity index (χ1n) is 5.26. The summed E-state index contributed by atoms with van der Waals surface area (Å²) in [6.45, 7) is 6.96. The maximum Gasteiger partial charge on any atom is 0.00518 e. The molecule has 1 heterocycles. The Bertz CT molecular complexity index is 281. The van der Waals surface area contributed by atoms with Crippen molar-refractivity contribution in [1.29, 1.82) is 0 Å². The minimum absolute atomic E-state index is 0.927. The summed E-state index contributed by atoms with van der Waals surface area (Å²) in [5, 5.41) is 0. The molecule has 0 nitrogen and oxygen atoms in total. The van der Waals surface area contributed by atoms with E-state index in [1.165, 1.54) is 25.7 Å². The summed E-state index contributed by atoms with van der Waals surface area (Å²) in [5.41, 5.74) is 3.37. The Hall–Kier alpha value is -0.300. The van der Waals surface area contributed by atoms with E-state index < -0.39 is 0 Å². The van der Waals surface area contributed by atoms with Gasteiger partial charge < -0.3 is 0 Å². The fourth-order valence-corrected chi connectivity index (χ4v) is 3.51. The molecule has 2 rings (SSSR count). The molecule has 0 bridgehead atoms. The third-order valence-electron chi connectivity index (χ3n) is 3.29. The van der Waals surface area contributed by atoms with E-state index in [0.717, 1.165) is 5.92 Å². The van der Waals surface area contributed by atoms with Crippen LogP contribution in [-0.4, -0.2) is 0 Å². The highest BCUT2D eigenvalue weighted by molar-refractivity contribution is 7.12. The Labute approximate surface area is 85.0 Å². The average Bonchev–Trinajstić information content (AvgIpc) is 2.27. The molecule has 0 N–H and O–H groups in total. The van der Waals surface area contributed by atoms with E-state index >= 15 is 0 Å². The van der Waals surface area contributed by atoms with E-state index in [0.29, 0.717) is 0 Å². The maximum absolute atomic E-state index is 2.39. The predicted molar refractivity (Wildman–Crippen MR) is 59.6 cm³/mol. The summed E-state index contributed by atoms with van der Waals surface area (Å²) in [7, 11) is 0. The van der Waals surface area contributed by atoms with E-state index in [1.54, 1.807) is 20.9 Å². The van der Waals surface area contributed by atoms with Gasteiger partial charge in [-0.2, -0.15) is 0 Å². The van der Waals surface area contributed by atoms with Crippen LogP contribution in [0.1, 0.15) is 40.6 Å². The zero-order chi connectivity index (χ0) is 9.42. The molecule has 0 aromatic carbocycles. The number of rotatable bonds is 0. The second kappa shape index (κ2) is 3.45. The topological polar surface area (TPSA) is 0 Å². The van der Waals surface area contributed by atoms with Gasteiger partial charge in [-0.1, -0.05) is 6.92 Å². The minimum Gasteiger partial charge on any atom is -0.145 e. The third-order valence-corrected chi connectivity index (χ3v) is 4.40. The molecule has 0 saturated heterocycles. The Kier molecular flexibility index (Phi) is 2.46. The molecule has 0 saturated carbocycles. The SMILES string of the molecule is Cc1sc(C)c2c1CCC(C)CC2. The number of hydrogen-bond acceptors (Lipinski definition) is 1. The fourth-order valence-electron chi connectivity index (χ4n) is 2.36. The lowest BCUT2D eigenvalue weighted by Crippen LogP contribution is -1.93. The van der Waals surface area contributed by atoms with Gasteiger partial charge in [0.15, 0.2) is 0 Å².